The van der Waals surface area contributed by atoms with E-state index < -0.39 is 0 Å². The summed E-state index contributed by atoms with van der Waals surface area (Å²) >= 11 is 0. The molecule has 0 aromatic rings. The number of carbonyl (C=O) groups excluding carboxylic acids is 1. The standard InChI is InChI=1S/C3H6O.AsH3.Ga.3H/c1-3(2)4;;;;;/h1-2H3;1H3;;;;. The van der Waals surface area contributed by atoms with Crippen LogP contribution in [0.15, 0.2) is 0 Å². The number of hydrogen-bond acceptors (Lipinski definition) is 1. The van der Waals surface area contributed by atoms with Gasteiger partial charge in [0.1, 0.15) is 5.78 Å². The summed E-state index contributed by atoms with van der Waals surface area (Å²) in [5.41, 5.74) is 0. The zero-order valence-corrected chi connectivity index (χ0v) is 6.58. The van der Waals surface area contributed by atoms with Crippen LogP contribution in [0.5, 0.6) is 0 Å². The van der Waals surface area contributed by atoms with Crippen molar-refractivity contribution in [2.45, 2.75) is 13.8 Å². The minimum absolute atomic E-state index is 0. The second-order valence-corrected chi connectivity index (χ2v) is 0.908. The van der Waals surface area contributed by atoms with Gasteiger partial charge in [-0.25, -0.2) is 0 Å². The van der Waals surface area contributed by atoms with E-state index >= 15 is 0 Å². The zero-order valence-electron chi connectivity index (χ0n) is 3.62. The molecule has 6 heavy (non-hydrogen) atoms. The molecule has 0 bridgehead atoms. The summed E-state index contributed by atoms with van der Waals surface area (Å²) in [6.45, 7) is 3.06. The topological polar surface area (TPSA) is 17.1 Å². The molecule has 0 radical (unpaired) electrons. The van der Waals surface area contributed by atoms with Crippen LogP contribution in [0.2, 0.25) is 0 Å². The van der Waals surface area contributed by atoms with Gasteiger partial charge in [-0.15, -0.1) is 0 Å². The van der Waals surface area contributed by atoms with Crippen LogP contribution >= 0.6 is 0 Å². The van der Waals surface area contributed by atoms with Crippen molar-refractivity contribution in [3.63, 3.8) is 0 Å². The normalized spacial score (nSPS) is 4.33. The molecule has 0 aromatic carbocycles. The van der Waals surface area contributed by atoms with Crippen molar-refractivity contribution in [1.82, 2.24) is 0 Å². The number of ketones is 1. The fraction of sp³-hybridized carbons (Fsp3) is 0.667. The number of hydrogen-bond donors (Lipinski definition) is 0. The molecular formula is C3H12AsGaO. The van der Waals surface area contributed by atoms with E-state index in [2.05, 4.69) is 0 Å². The summed E-state index contributed by atoms with van der Waals surface area (Å²) in [5.74, 6) is 0.167. The van der Waals surface area contributed by atoms with E-state index in [0.717, 1.165) is 0 Å². The molecule has 0 spiro atoms. The molecule has 0 aromatic heterocycles. The fourth-order valence-corrected chi connectivity index (χ4v) is 0. The first-order valence-corrected chi connectivity index (χ1v) is 1.20. The van der Waals surface area contributed by atoms with E-state index in [9.17, 15) is 4.79 Å². The van der Waals surface area contributed by atoms with Gasteiger partial charge in [0.25, 0.3) is 0 Å². The Bertz CT molecular complexity index is 33.8. The van der Waals surface area contributed by atoms with Crippen LogP contribution in [-0.2, 0) is 4.79 Å². The Morgan fingerprint density at radius 1 is 1.33 bits per heavy atom. The van der Waals surface area contributed by atoms with E-state index in [1.54, 1.807) is 0 Å². The molecule has 0 N–H and O–H groups in total. The van der Waals surface area contributed by atoms with E-state index in [-0.39, 0.29) is 43.5 Å². The molecule has 38 valence electrons. The maximum atomic E-state index is 9.44. The zero-order chi connectivity index (χ0) is 3.58. The average molecular weight is 209 g/mol. The van der Waals surface area contributed by atoms with Gasteiger partial charge in [-0.3, -0.25) is 0 Å². The van der Waals surface area contributed by atoms with Crippen molar-refractivity contribution in [2.75, 3.05) is 0 Å². The fourth-order valence-electron chi connectivity index (χ4n) is 0. The van der Waals surface area contributed by atoms with Crippen LogP contribution in [0.3, 0.4) is 0 Å². The Kier molecular flexibility index (Phi) is 24.5. The van der Waals surface area contributed by atoms with Crippen LogP contribution in [0.4, 0.5) is 0 Å². The molecule has 3 heteroatoms. The molecule has 0 aliphatic rings. The van der Waals surface area contributed by atoms with Crippen molar-refractivity contribution in [2.24, 2.45) is 0 Å². The third-order valence-corrected chi connectivity index (χ3v) is 0. The molecule has 0 amide bonds. The Morgan fingerprint density at radius 3 is 1.33 bits per heavy atom. The summed E-state index contributed by atoms with van der Waals surface area (Å²) in [6, 6.07) is 0. The van der Waals surface area contributed by atoms with Gasteiger partial charge in [-0.2, -0.15) is 0 Å². The SMILES string of the molecule is CC(C)=O.[AsH3].[GaH3]. The van der Waals surface area contributed by atoms with Gasteiger partial charge < -0.3 is 4.79 Å². The maximum absolute atomic E-state index is 9.44. The van der Waals surface area contributed by atoms with Crippen molar-refractivity contribution >= 4 is 43.5 Å². The first-order valence-electron chi connectivity index (χ1n) is 1.20. The second-order valence-electron chi connectivity index (χ2n) is 0.908. The average Bonchev–Trinajstić information content (AvgIpc) is 0.811. The Morgan fingerprint density at radius 2 is 1.33 bits per heavy atom. The van der Waals surface area contributed by atoms with Crippen LogP contribution in [0.25, 0.3) is 0 Å². The third-order valence-electron chi connectivity index (χ3n) is 0. The molecule has 0 fully saturated rings. The molecule has 0 saturated heterocycles. The van der Waals surface area contributed by atoms with Gasteiger partial charge >= 0.3 is 37.7 Å². The van der Waals surface area contributed by atoms with Gasteiger partial charge in [0.15, 0.2) is 0 Å². The summed E-state index contributed by atoms with van der Waals surface area (Å²) < 4.78 is 0. The van der Waals surface area contributed by atoms with Gasteiger partial charge in [-0.05, 0) is 13.8 Å². The van der Waals surface area contributed by atoms with Gasteiger partial charge in [0.2, 0.25) is 0 Å². The van der Waals surface area contributed by atoms with E-state index in [1.807, 2.05) is 0 Å². The molecule has 1 nitrogen and oxygen atoms in total. The number of carbonyl (C=O) groups is 1. The van der Waals surface area contributed by atoms with Gasteiger partial charge in [0, 0.05) is 0 Å². The van der Waals surface area contributed by atoms with E-state index in [1.165, 1.54) is 13.8 Å². The first-order chi connectivity index (χ1) is 1.73. The summed E-state index contributed by atoms with van der Waals surface area (Å²) in [7, 11) is 0. The van der Waals surface area contributed by atoms with Crippen molar-refractivity contribution < 1.29 is 4.79 Å². The quantitative estimate of drug-likeness (QED) is 0.431. The number of rotatable bonds is 0. The van der Waals surface area contributed by atoms with Crippen LogP contribution in [0.1, 0.15) is 13.8 Å². The predicted molar refractivity (Wildman–Crippen MR) is 36.2 cm³/mol. The van der Waals surface area contributed by atoms with Crippen molar-refractivity contribution in [1.29, 1.82) is 0 Å². The molecule has 0 saturated carbocycles. The number of Topliss-reactive ketones (excluding diaryl/α,β-unsaturated/α-hetero) is 1. The van der Waals surface area contributed by atoms with Gasteiger partial charge in [-0.1, -0.05) is 0 Å². The van der Waals surface area contributed by atoms with Crippen LogP contribution in [0, 0.1) is 0 Å². The Balaban J connectivity index is -0.0000000450. The van der Waals surface area contributed by atoms with Crippen molar-refractivity contribution in [3.05, 3.63) is 0 Å². The summed E-state index contributed by atoms with van der Waals surface area (Å²) in [5, 5.41) is 0. The monoisotopic (exact) mass is 208 g/mol. The molecule has 0 aliphatic carbocycles. The molecule has 1 atom stereocenters. The Hall–Kier alpha value is 0.865. The molecule has 0 rings (SSSR count). The van der Waals surface area contributed by atoms with Crippen molar-refractivity contribution in [3.8, 4) is 0 Å². The Labute approximate surface area is 62.2 Å². The minimum atomic E-state index is 0. The summed E-state index contributed by atoms with van der Waals surface area (Å²) in [6.07, 6.45) is 0. The van der Waals surface area contributed by atoms with Crippen LogP contribution in [-0.4, -0.2) is 43.5 Å². The van der Waals surface area contributed by atoms with Crippen LogP contribution < -0.4 is 0 Å². The second kappa shape index (κ2) is 9.29. The van der Waals surface area contributed by atoms with E-state index in [4.69, 9.17) is 0 Å². The molecule has 1 unspecified atom stereocenters. The third kappa shape index (κ3) is 97.2. The van der Waals surface area contributed by atoms with E-state index in [0.29, 0.717) is 0 Å². The predicted octanol–water partition coefficient (Wildman–Crippen LogP) is -1.77. The summed E-state index contributed by atoms with van der Waals surface area (Å²) in [4.78, 5) is 9.44. The molecular weight excluding hydrogens is 197 g/mol. The first kappa shape index (κ1) is 15.8. The van der Waals surface area contributed by atoms with Gasteiger partial charge in [0.05, 0.1) is 0 Å². The molecule has 0 heterocycles. The molecule has 0 aliphatic heterocycles.